The first-order chi connectivity index (χ1) is 11.7. The average Bonchev–Trinajstić information content (AvgIpc) is 3.24. The molecule has 0 atom stereocenters. The van der Waals surface area contributed by atoms with Gasteiger partial charge in [0.15, 0.2) is 0 Å². The van der Waals surface area contributed by atoms with Gasteiger partial charge in [0.2, 0.25) is 12.7 Å². The van der Waals surface area contributed by atoms with Gasteiger partial charge >= 0.3 is 0 Å². The van der Waals surface area contributed by atoms with E-state index in [9.17, 15) is 0 Å². The van der Waals surface area contributed by atoms with Crippen molar-refractivity contribution < 1.29 is 9.13 Å². The van der Waals surface area contributed by atoms with Crippen LogP contribution in [-0.2, 0) is 14.1 Å². The summed E-state index contributed by atoms with van der Waals surface area (Å²) >= 11 is 0. The first-order valence-corrected chi connectivity index (χ1v) is 7.97. The van der Waals surface area contributed by atoms with Crippen molar-refractivity contribution in [2.45, 2.75) is 0 Å². The maximum atomic E-state index is 2.17. The van der Waals surface area contributed by atoms with Crippen LogP contribution in [0, 0.1) is 0 Å². The highest BCUT2D eigenvalue weighted by molar-refractivity contribution is 5.65. The Labute approximate surface area is 141 Å². The molecule has 0 aliphatic heterocycles. The number of imidazole rings is 2. The molecule has 0 aliphatic rings. The molecule has 2 heterocycles. The normalized spacial score (nSPS) is 10.9. The van der Waals surface area contributed by atoms with Crippen LogP contribution in [0.3, 0.4) is 0 Å². The molecule has 0 saturated heterocycles. The Morgan fingerprint density at radius 2 is 0.958 bits per heavy atom. The van der Waals surface area contributed by atoms with Gasteiger partial charge in [0.1, 0.15) is 36.2 Å². The van der Waals surface area contributed by atoms with Crippen molar-refractivity contribution >= 4 is 0 Å². The summed E-state index contributed by atoms with van der Waals surface area (Å²) < 4.78 is 8.29. The molecule has 0 unspecified atom stereocenters. The number of rotatable bonds is 3. The Morgan fingerprint density at radius 1 is 0.583 bits per heavy atom. The fourth-order valence-corrected chi connectivity index (χ4v) is 2.86. The second kappa shape index (κ2) is 5.81. The number of benzene rings is 2. The molecule has 2 aromatic heterocycles. The van der Waals surface area contributed by atoms with Crippen molar-refractivity contribution in [2.75, 3.05) is 0 Å². The van der Waals surface area contributed by atoms with E-state index in [1.54, 1.807) is 0 Å². The van der Waals surface area contributed by atoms with Crippen LogP contribution in [0.25, 0.3) is 22.5 Å². The molecule has 24 heavy (non-hydrogen) atoms. The number of aryl methyl sites for hydroxylation is 2. The Bertz CT molecular complexity index is 878. The van der Waals surface area contributed by atoms with Crippen LogP contribution in [-0.4, -0.2) is 9.13 Å². The molecule has 4 aromatic rings. The van der Waals surface area contributed by atoms with Gasteiger partial charge in [-0.2, -0.15) is 0 Å². The SMILES string of the molecule is C[n+]1ccn(-c2ccc(-c3ccc(-n4cc[n+](C)c4)cc3)cc2)c1. The quantitative estimate of drug-likeness (QED) is 0.517. The summed E-state index contributed by atoms with van der Waals surface area (Å²) in [7, 11) is 4.05. The van der Waals surface area contributed by atoms with Crippen LogP contribution in [0.1, 0.15) is 0 Å². The topological polar surface area (TPSA) is 17.6 Å². The zero-order valence-corrected chi connectivity index (χ0v) is 13.9. The van der Waals surface area contributed by atoms with Crippen LogP contribution in [0.5, 0.6) is 0 Å². The van der Waals surface area contributed by atoms with E-state index in [-0.39, 0.29) is 0 Å². The summed E-state index contributed by atoms with van der Waals surface area (Å²) in [6.07, 6.45) is 12.3. The molecule has 0 radical (unpaired) electrons. The summed E-state index contributed by atoms with van der Waals surface area (Å²) in [4.78, 5) is 0. The zero-order chi connectivity index (χ0) is 16.5. The van der Waals surface area contributed by atoms with E-state index in [2.05, 4.69) is 82.7 Å². The van der Waals surface area contributed by atoms with Crippen molar-refractivity contribution in [3.63, 3.8) is 0 Å². The van der Waals surface area contributed by atoms with Crippen molar-refractivity contribution in [1.82, 2.24) is 9.13 Å². The Morgan fingerprint density at radius 3 is 1.25 bits per heavy atom. The third kappa shape index (κ3) is 2.74. The highest BCUT2D eigenvalue weighted by atomic mass is 15.1. The van der Waals surface area contributed by atoms with Crippen molar-refractivity contribution in [2.24, 2.45) is 14.1 Å². The fourth-order valence-electron chi connectivity index (χ4n) is 2.86. The van der Waals surface area contributed by atoms with E-state index < -0.39 is 0 Å². The molecule has 0 fully saturated rings. The molecule has 4 heteroatoms. The highest BCUT2D eigenvalue weighted by Crippen LogP contribution is 2.22. The minimum Gasteiger partial charge on any atom is -0.239 e. The van der Waals surface area contributed by atoms with Crippen LogP contribution in [0.15, 0.2) is 86.0 Å². The molecule has 4 rings (SSSR count). The third-order valence-corrected chi connectivity index (χ3v) is 4.20. The first kappa shape index (κ1) is 14.5. The average molecular weight is 316 g/mol. The molecule has 0 bridgehead atoms. The molecule has 0 amide bonds. The lowest BCUT2D eigenvalue weighted by Gasteiger charge is -2.03. The van der Waals surface area contributed by atoms with Crippen LogP contribution in [0.2, 0.25) is 0 Å². The first-order valence-electron chi connectivity index (χ1n) is 7.97. The Kier molecular flexibility index (Phi) is 3.50. The fraction of sp³-hybridized carbons (Fsp3) is 0.100. The number of hydrogen-bond acceptors (Lipinski definition) is 0. The lowest BCUT2D eigenvalue weighted by molar-refractivity contribution is -0.670. The Balaban J connectivity index is 1.59. The standard InChI is InChI=1S/C20H20N4/c1-21-11-13-23(15-21)19-7-3-17(4-8-19)18-5-9-20(10-6-18)24-14-12-22(2)16-24/h3-16H,1-2H3/q+2. The summed E-state index contributed by atoms with van der Waals surface area (Å²) in [5.41, 5.74) is 4.77. The maximum Gasteiger partial charge on any atom is 0.248 e. The molecular formula is C20H20N4+2. The van der Waals surface area contributed by atoms with Gasteiger partial charge < -0.3 is 0 Å². The van der Waals surface area contributed by atoms with Crippen LogP contribution in [0.4, 0.5) is 0 Å². The maximum absolute atomic E-state index is 2.17. The van der Waals surface area contributed by atoms with E-state index in [4.69, 9.17) is 0 Å². The summed E-state index contributed by atoms with van der Waals surface area (Å²) in [6, 6.07) is 17.3. The van der Waals surface area contributed by atoms with Crippen LogP contribution < -0.4 is 9.13 Å². The lowest BCUT2D eigenvalue weighted by Crippen LogP contribution is -2.23. The van der Waals surface area contributed by atoms with E-state index in [0.29, 0.717) is 0 Å². The summed E-state index contributed by atoms with van der Waals surface area (Å²) in [5, 5.41) is 0. The minimum atomic E-state index is 1.16. The number of aromatic nitrogens is 4. The predicted octanol–water partition coefficient (Wildman–Crippen LogP) is 2.58. The van der Waals surface area contributed by atoms with Gasteiger partial charge in [-0.15, -0.1) is 0 Å². The zero-order valence-electron chi connectivity index (χ0n) is 13.9. The summed E-state index contributed by atoms with van der Waals surface area (Å²) in [6.45, 7) is 0. The molecule has 0 saturated carbocycles. The predicted molar refractivity (Wildman–Crippen MR) is 92.9 cm³/mol. The molecule has 0 aliphatic carbocycles. The van der Waals surface area contributed by atoms with Gasteiger partial charge in [-0.25, -0.2) is 18.3 Å². The van der Waals surface area contributed by atoms with Gasteiger partial charge in [-0.1, -0.05) is 24.3 Å². The monoisotopic (exact) mass is 316 g/mol. The van der Waals surface area contributed by atoms with E-state index in [1.165, 1.54) is 11.1 Å². The molecule has 0 N–H and O–H groups in total. The van der Waals surface area contributed by atoms with Gasteiger partial charge in [0.05, 0.1) is 14.1 Å². The van der Waals surface area contributed by atoms with Crippen molar-refractivity contribution in [3.8, 4) is 22.5 Å². The smallest absolute Gasteiger partial charge is 0.239 e. The van der Waals surface area contributed by atoms with E-state index in [1.807, 2.05) is 35.6 Å². The van der Waals surface area contributed by atoms with Gasteiger partial charge in [0.25, 0.3) is 0 Å². The lowest BCUT2D eigenvalue weighted by atomic mass is 10.0. The second-order valence-corrected chi connectivity index (χ2v) is 6.07. The number of hydrogen-bond donors (Lipinski definition) is 0. The largest absolute Gasteiger partial charge is 0.248 e. The summed E-state index contributed by atoms with van der Waals surface area (Å²) in [5.74, 6) is 0. The van der Waals surface area contributed by atoms with Crippen molar-refractivity contribution in [3.05, 3.63) is 86.0 Å². The van der Waals surface area contributed by atoms with Gasteiger partial charge in [0, 0.05) is 0 Å². The molecule has 118 valence electrons. The van der Waals surface area contributed by atoms with E-state index in [0.717, 1.165) is 11.4 Å². The second-order valence-electron chi connectivity index (χ2n) is 6.07. The van der Waals surface area contributed by atoms with Gasteiger partial charge in [-0.3, -0.25) is 0 Å². The Hall–Kier alpha value is -3.14. The third-order valence-electron chi connectivity index (χ3n) is 4.20. The van der Waals surface area contributed by atoms with Crippen molar-refractivity contribution in [1.29, 1.82) is 0 Å². The highest BCUT2D eigenvalue weighted by Gasteiger charge is 2.07. The molecule has 0 spiro atoms. The van der Waals surface area contributed by atoms with E-state index >= 15 is 0 Å². The van der Waals surface area contributed by atoms with Gasteiger partial charge in [-0.05, 0) is 35.4 Å². The van der Waals surface area contributed by atoms with Crippen LogP contribution >= 0.6 is 0 Å². The molecular weight excluding hydrogens is 296 g/mol. The molecule has 2 aromatic carbocycles. The minimum absolute atomic E-state index is 1.16. The molecule has 4 nitrogen and oxygen atoms in total. The number of nitrogens with zero attached hydrogens (tertiary/aromatic N) is 4.